The molecule has 9 heteroatoms. The van der Waals surface area contributed by atoms with E-state index in [4.69, 9.17) is 9.47 Å². The van der Waals surface area contributed by atoms with Crippen molar-refractivity contribution < 1.29 is 18.7 Å². The Kier molecular flexibility index (Phi) is 7.19. The Labute approximate surface area is 190 Å². The average Bonchev–Trinajstić information content (AvgIpc) is 2.84. The summed E-state index contributed by atoms with van der Waals surface area (Å²) in [6, 6.07) is 9.84. The summed E-state index contributed by atoms with van der Waals surface area (Å²) in [5.74, 6) is -0.264. The first kappa shape index (κ1) is 22.7. The molecule has 1 amide bonds. The number of piperidine rings is 1. The summed E-state index contributed by atoms with van der Waals surface area (Å²) in [5, 5.41) is 6.03. The van der Waals surface area contributed by atoms with Gasteiger partial charge in [-0.15, -0.1) is 0 Å². The zero-order valence-corrected chi connectivity index (χ0v) is 18.4. The van der Waals surface area contributed by atoms with Gasteiger partial charge in [0.05, 0.1) is 19.2 Å². The number of fused-ring (bicyclic) bond motifs is 1. The van der Waals surface area contributed by atoms with Gasteiger partial charge in [-0.3, -0.25) is 9.59 Å². The number of methoxy groups -OCH3 is 1. The number of nitrogens with one attached hydrogen (secondary N) is 3. The monoisotopic (exact) mass is 454 g/mol. The van der Waals surface area contributed by atoms with Crippen molar-refractivity contribution in [3.63, 3.8) is 0 Å². The molecule has 3 aromatic rings. The molecule has 1 saturated heterocycles. The van der Waals surface area contributed by atoms with E-state index in [1.165, 1.54) is 12.1 Å². The number of ether oxygens (including phenoxy) is 2. The highest BCUT2D eigenvalue weighted by atomic mass is 19.1. The van der Waals surface area contributed by atoms with Gasteiger partial charge in [0.2, 0.25) is 0 Å². The van der Waals surface area contributed by atoms with E-state index in [-0.39, 0.29) is 29.0 Å². The number of carbonyl (C=O) groups is 1. The van der Waals surface area contributed by atoms with Gasteiger partial charge in [-0.1, -0.05) is 12.1 Å². The highest BCUT2D eigenvalue weighted by Gasteiger charge is 2.19. The fourth-order valence-electron chi connectivity index (χ4n) is 3.97. The van der Waals surface area contributed by atoms with Crippen molar-refractivity contribution in [1.82, 2.24) is 20.6 Å². The maximum atomic E-state index is 14.5. The summed E-state index contributed by atoms with van der Waals surface area (Å²) in [6.07, 6.45) is 2.89. The molecule has 1 fully saturated rings. The smallest absolute Gasteiger partial charge is 0.287 e. The zero-order valence-electron chi connectivity index (χ0n) is 18.4. The third kappa shape index (κ3) is 5.48. The van der Waals surface area contributed by atoms with Gasteiger partial charge < -0.3 is 25.1 Å². The summed E-state index contributed by atoms with van der Waals surface area (Å²) in [7, 11) is 1.57. The Hall–Kier alpha value is -3.46. The van der Waals surface area contributed by atoms with Crippen molar-refractivity contribution in [2.24, 2.45) is 5.92 Å². The van der Waals surface area contributed by atoms with Crippen LogP contribution in [0.25, 0.3) is 10.9 Å². The summed E-state index contributed by atoms with van der Waals surface area (Å²) < 4.78 is 25.4. The highest BCUT2D eigenvalue weighted by molar-refractivity contribution is 5.93. The van der Waals surface area contributed by atoms with Crippen molar-refractivity contribution in [3.8, 4) is 11.5 Å². The number of hydrogen-bond donors (Lipinski definition) is 3. The van der Waals surface area contributed by atoms with Crippen molar-refractivity contribution in [3.05, 3.63) is 64.0 Å². The molecular weight excluding hydrogens is 427 g/mol. The lowest BCUT2D eigenvalue weighted by Crippen LogP contribution is -2.28. The SMILES string of the molecule is COc1cccc(CNC(=O)c2nc3ccc(F)c(OCCC4CCNCC4)c3c(=O)[nH]2)c1. The van der Waals surface area contributed by atoms with E-state index in [1.807, 2.05) is 12.1 Å². The minimum atomic E-state index is -0.629. The first-order valence-corrected chi connectivity index (χ1v) is 11.0. The van der Waals surface area contributed by atoms with E-state index in [2.05, 4.69) is 20.6 Å². The lowest BCUT2D eigenvalue weighted by molar-refractivity contribution is 0.0940. The van der Waals surface area contributed by atoms with E-state index in [0.29, 0.717) is 18.3 Å². The number of H-pyrrole nitrogens is 1. The van der Waals surface area contributed by atoms with Crippen LogP contribution in [0.5, 0.6) is 11.5 Å². The van der Waals surface area contributed by atoms with E-state index in [9.17, 15) is 14.0 Å². The van der Waals surface area contributed by atoms with Crippen molar-refractivity contribution >= 4 is 16.8 Å². The van der Waals surface area contributed by atoms with E-state index < -0.39 is 17.3 Å². The number of halogens is 1. The number of amides is 1. The molecule has 0 unspecified atom stereocenters. The van der Waals surface area contributed by atoms with Crippen LogP contribution >= 0.6 is 0 Å². The van der Waals surface area contributed by atoms with Crippen LogP contribution in [0.2, 0.25) is 0 Å². The van der Waals surface area contributed by atoms with Crippen LogP contribution in [0.4, 0.5) is 4.39 Å². The first-order valence-electron chi connectivity index (χ1n) is 11.0. The number of hydrogen-bond acceptors (Lipinski definition) is 6. The number of rotatable bonds is 8. The molecule has 3 N–H and O–H groups in total. The number of aromatic amines is 1. The summed E-state index contributed by atoms with van der Waals surface area (Å²) >= 11 is 0. The van der Waals surface area contributed by atoms with Crippen molar-refractivity contribution in [2.75, 3.05) is 26.8 Å². The fourth-order valence-corrected chi connectivity index (χ4v) is 3.97. The molecule has 174 valence electrons. The molecule has 4 rings (SSSR count). The largest absolute Gasteiger partial charge is 0.497 e. The van der Waals surface area contributed by atoms with Crippen LogP contribution < -0.4 is 25.7 Å². The normalized spacial score (nSPS) is 14.2. The van der Waals surface area contributed by atoms with Gasteiger partial charge in [0, 0.05) is 6.54 Å². The Morgan fingerprint density at radius 3 is 2.85 bits per heavy atom. The minimum absolute atomic E-state index is 0.00431. The fraction of sp³-hybridized carbons (Fsp3) is 0.375. The molecule has 0 aliphatic carbocycles. The molecule has 2 aromatic carbocycles. The van der Waals surface area contributed by atoms with Gasteiger partial charge in [0.1, 0.15) is 11.1 Å². The average molecular weight is 455 g/mol. The van der Waals surface area contributed by atoms with Crippen LogP contribution in [0.3, 0.4) is 0 Å². The first-order chi connectivity index (χ1) is 16.0. The lowest BCUT2D eigenvalue weighted by Gasteiger charge is -2.22. The Morgan fingerprint density at radius 1 is 1.24 bits per heavy atom. The Morgan fingerprint density at radius 2 is 2.06 bits per heavy atom. The number of carbonyl (C=O) groups excluding carboxylic acids is 1. The van der Waals surface area contributed by atoms with Gasteiger partial charge in [0.25, 0.3) is 11.5 Å². The maximum Gasteiger partial charge on any atom is 0.287 e. The third-order valence-electron chi connectivity index (χ3n) is 5.81. The van der Waals surface area contributed by atoms with Gasteiger partial charge >= 0.3 is 0 Å². The van der Waals surface area contributed by atoms with Crippen molar-refractivity contribution in [2.45, 2.75) is 25.8 Å². The standard InChI is InChI=1S/C24H27FN4O4/c1-32-17-4-2-3-16(13-17)14-27-24(31)22-28-19-6-5-18(25)21(20(19)23(30)29-22)33-12-9-15-7-10-26-11-8-15/h2-6,13,15,26H,7-12,14H2,1H3,(H,27,31)(H,28,29,30). The summed E-state index contributed by atoms with van der Waals surface area (Å²) in [4.78, 5) is 32.0. The Balaban J connectivity index is 1.48. The molecule has 0 spiro atoms. The van der Waals surface area contributed by atoms with Crippen LogP contribution in [0.1, 0.15) is 35.4 Å². The maximum absolute atomic E-state index is 14.5. The minimum Gasteiger partial charge on any atom is -0.497 e. The zero-order chi connectivity index (χ0) is 23.2. The number of nitrogens with zero attached hydrogens (tertiary/aromatic N) is 1. The van der Waals surface area contributed by atoms with Crippen LogP contribution in [0, 0.1) is 11.7 Å². The topological polar surface area (TPSA) is 105 Å². The number of benzene rings is 2. The van der Waals surface area contributed by atoms with Crippen molar-refractivity contribution in [1.29, 1.82) is 0 Å². The van der Waals surface area contributed by atoms with Crippen LogP contribution in [0.15, 0.2) is 41.2 Å². The van der Waals surface area contributed by atoms with Gasteiger partial charge in [-0.2, -0.15) is 0 Å². The predicted molar refractivity (Wildman–Crippen MR) is 122 cm³/mol. The predicted octanol–water partition coefficient (Wildman–Crippen LogP) is 2.77. The molecular formula is C24H27FN4O4. The molecule has 2 heterocycles. The molecule has 0 bridgehead atoms. The molecule has 33 heavy (non-hydrogen) atoms. The second-order valence-electron chi connectivity index (χ2n) is 8.05. The summed E-state index contributed by atoms with van der Waals surface area (Å²) in [6.45, 7) is 2.48. The molecule has 0 radical (unpaired) electrons. The highest BCUT2D eigenvalue weighted by Crippen LogP contribution is 2.26. The van der Waals surface area contributed by atoms with Gasteiger partial charge in [0.15, 0.2) is 17.4 Å². The second-order valence-corrected chi connectivity index (χ2v) is 8.05. The van der Waals surface area contributed by atoms with Gasteiger partial charge in [-0.05, 0) is 68.1 Å². The van der Waals surface area contributed by atoms with E-state index >= 15 is 0 Å². The molecule has 1 aromatic heterocycles. The van der Waals surface area contributed by atoms with E-state index in [0.717, 1.165) is 37.9 Å². The van der Waals surface area contributed by atoms with Gasteiger partial charge in [-0.25, -0.2) is 9.37 Å². The van der Waals surface area contributed by atoms with E-state index in [1.54, 1.807) is 19.2 Å². The Bertz CT molecular complexity index is 1190. The lowest BCUT2D eigenvalue weighted by atomic mass is 9.95. The molecule has 0 atom stereocenters. The third-order valence-corrected chi connectivity index (χ3v) is 5.81. The van der Waals surface area contributed by atoms with Crippen LogP contribution in [-0.2, 0) is 6.54 Å². The quantitative estimate of drug-likeness (QED) is 0.483. The number of aromatic nitrogens is 2. The molecule has 8 nitrogen and oxygen atoms in total. The molecule has 1 aliphatic rings. The van der Waals surface area contributed by atoms with Crippen LogP contribution in [-0.4, -0.2) is 42.7 Å². The second kappa shape index (κ2) is 10.4. The molecule has 0 saturated carbocycles. The molecule has 1 aliphatic heterocycles. The summed E-state index contributed by atoms with van der Waals surface area (Å²) in [5.41, 5.74) is 0.406.